The predicted octanol–water partition coefficient (Wildman–Crippen LogP) is 2.71. The molecule has 132 valence electrons. The van der Waals surface area contributed by atoms with Crippen molar-refractivity contribution in [3.63, 3.8) is 0 Å². The van der Waals surface area contributed by atoms with Crippen LogP contribution in [0.25, 0.3) is 0 Å². The van der Waals surface area contributed by atoms with E-state index in [9.17, 15) is 18.0 Å². The van der Waals surface area contributed by atoms with Crippen LogP contribution >= 0.6 is 0 Å². The van der Waals surface area contributed by atoms with E-state index >= 15 is 0 Å². The Bertz CT molecular complexity index is 744. The van der Waals surface area contributed by atoms with E-state index in [1.54, 1.807) is 4.90 Å². The van der Waals surface area contributed by atoms with Crippen LogP contribution in [-0.2, 0) is 10.9 Å². The minimum absolute atomic E-state index is 0.138. The maximum atomic E-state index is 12.6. The molecule has 2 aromatic rings. The van der Waals surface area contributed by atoms with E-state index in [0.29, 0.717) is 32.0 Å². The second-order valence-corrected chi connectivity index (χ2v) is 5.37. The summed E-state index contributed by atoms with van der Waals surface area (Å²) in [5.41, 5.74) is -0.134. The van der Waals surface area contributed by atoms with Gasteiger partial charge in [-0.1, -0.05) is 0 Å². The highest BCUT2D eigenvalue weighted by molar-refractivity contribution is 5.92. The number of hydrogen-bond acceptors (Lipinski definition) is 5. The third kappa shape index (κ3) is 4.24. The van der Waals surface area contributed by atoms with E-state index in [1.165, 1.54) is 24.4 Å². The molecule has 0 radical (unpaired) electrons. The molecular formula is C16H15F3N4O2. The van der Waals surface area contributed by atoms with Gasteiger partial charge < -0.3 is 15.0 Å². The number of nitrogens with zero attached hydrogens (tertiary/aromatic N) is 3. The van der Waals surface area contributed by atoms with Gasteiger partial charge in [-0.25, -0.2) is 9.97 Å². The van der Waals surface area contributed by atoms with Crippen LogP contribution in [-0.4, -0.2) is 47.1 Å². The number of ether oxygens (including phenoxy) is 1. The minimum atomic E-state index is -4.39. The van der Waals surface area contributed by atoms with Gasteiger partial charge >= 0.3 is 6.18 Å². The highest BCUT2D eigenvalue weighted by Crippen LogP contribution is 2.30. The Hall–Kier alpha value is -2.68. The normalized spacial score (nSPS) is 15.1. The average molecular weight is 352 g/mol. The van der Waals surface area contributed by atoms with Crippen LogP contribution in [0.3, 0.4) is 0 Å². The molecule has 6 nitrogen and oxygen atoms in total. The molecule has 0 spiro atoms. The number of benzene rings is 1. The molecule has 0 atom stereocenters. The number of hydrogen-bond donors (Lipinski definition) is 1. The Morgan fingerprint density at radius 2 is 1.80 bits per heavy atom. The lowest BCUT2D eigenvalue weighted by Gasteiger charge is -2.26. The second kappa shape index (κ2) is 7.06. The molecule has 1 saturated heterocycles. The van der Waals surface area contributed by atoms with Gasteiger partial charge in [-0.05, 0) is 30.3 Å². The number of anilines is 2. The monoisotopic (exact) mass is 352 g/mol. The van der Waals surface area contributed by atoms with Crippen molar-refractivity contribution in [2.45, 2.75) is 6.18 Å². The van der Waals surface area contributed by atoms with Crippen LogP contribution in [0.1, 0.15) is 16.1 Å². The molecule has 9 heteroatoms. The number of halogens is 3. The Labute approximate surface area is 141 Å². The van der Waals surface area contributed by atoms with Crippen LogP contribution in [0, 0.1) is 0 Å². The predicted molar refractivity (Wildman–Crippen MR) is 83.5 cm³/mol. The summed E-state index contributed by atoms with van der Waals surface area (Å²) in [5.74, 6) is -0.0972. The molecule has 0 aliphatic carbocycles. The van der Waals surface area contributed by atoms with Crippen molar-refractivity contribution < 1.29 is 22.7 Å². The number of carbonyl (C=O) groups is 1. The lowest BCUT2D eigenvalue weighted by Crippen LogP contribution is -2.41. The van der Waals surface area contributed by atoms with Crippen molar-refractivity contribution in [2.75, 3.05) is 31.6 Å². The first-order chi connectivity index (χ1) is 11.9. The number of morpholine rings is 1. The first-order valence-corrected chi connectivity index (χ1v) is 7.58. The lowest BCUT2D eigenvalue weighted by molar-refractivity contribution is -0.137. The molecule has 1 amide bonds. The van der Waals surface area contributed by atoms with Gasteiger partial charge in [0.25, 0.3) is 5.91 Å². The smallest absolute Gasteiger partial charge is 0.378 e. The molecule has 25 heavy (non-hydrogen) atoms. The summed E-state index contributed by atoms with van der Waals surface area (Å²) in [7, 11) is 0. The summed E-state index contributed by atoms with van der Waals surface area (Å²) in [4.78, 5) is 22.2. The summed E-state index contributed by atoms with van der Waals surface area (Å²) in [6.07, 6.45) is -2.97. The zero-order valence-corrected chi connectivity index (χ0v) is 13.1. The number of alkyl halides is 3. The Balaban J connectivity index is 1.72. The summed E-state index contributed by atoms with van der Waals surface area (Å²) < 4.78 is 42.9. The van der Waals surface area contributed by atoms with E-state index in [4.69, 9.17) is 4.74 Å². The molecule has 1 aliphatic heterocycles. The largest absolute Gasteiger partial charge is 0.416 e. The van der Waals surface area contributed by atoms with Crippen LogP contribution < -0.4 is 5.32 Å². The van der Waals surface area contributed by atoms with Crippen molar-refractivity contribution in [1.82, 2.24) is 14.9 Å². The van der Waals surface area contributed by atoms with Gasteiger partial charge in [0.15, 0.2) is 0 Å². The zero-order valence-electron chi connectivity index (χ0n) is 13.1. The van der Waals surface area contributed by atoms with Gasteiger partial charge in [0, 0.05) is 25.0 Å². The molecular weight excluding hydrogens is 337 g/mol. The second-order valence-electron chi connectivity index (χ2n) is 5.37. The molecule has 0 unspecified atom stereocenters. The van der Waals surface area contributed by atoms with Crippen LogP contribution in [0.5, 0.6) is 0 Å². The standard InChI is InChI=1S/C16H15F3N4O2/c17-16(18,19)11-1-3-12(4-2-11)21-15-20-6-5-13(22-15)14(24)23-7-9-25-10-8-23/h1-6H,7-10H2,(H,20,21,22). The van der Waals surface area contributed by atoms with Crippen LogP contribution in [0.4, 0.5) is 24.8 Å². The molecule has 1 aromatic heterocycles. The fourth-order valence-electron chi connectivity index (χ4n) is 2.34. The molecule has 2 heterocycles. The Morgan fingerprint density at radius 3 is 2.44 bits per heavy atom. The van der Waals surface area contributed by atoms with Crippen LogP contribution in [0.15, 0.2) is 36.5 Å². The number of rotatable bonds is 3. The fourth-order valence-corrected chi connectivity index (χ4v) is 2.34. The highest BCUT2D eigenvalue weighted by atomic mass is 19.4. The quantitative estimate of drug-likeness (QED) is 0.920. The molecule has 1 aromatic carbocycles. The maximum Gasteiger partial charge on any atom is 0.416 e. The molecule has 0 bridgehead atoms. The van der Waals surface area contributed by atoms with E-state index in [-0.39, 0.29) is 17.5 Å². The van der Waals surface area contributed by atoms with Crippen molar-refractivity contribution in [3.8, 4) is 0 Å². The molecule has 1 aliphatic rings. The SMILES string of the molecule is O=C(c1ccnc(Nc2ccc(C(F)(F)F)cc2)n1)N1CCOCC1. The van der Waals surface area contributed by atoms with E-state index in [0.717, 1.165) is 12.1 Å². The molecule has 0 saturated carbocycles. The van der Waals surface area contributed by atoms with Gasteiger partial charge in [0.2, 0.25) is 5.95 Å². The topological polar surface area (TPSA) is 67.4 Å². The van der Waals surface area contributed by atoms with Gasteiger partial charge in [0.05, 0.1) is 18.8 Å². The molecule has 1 N–H and O–H groups in total. The van der Waals surface area contributed by atoms with Gasteiger partial charge in [-0.15, -0.1) is 0 Å². The van der Waals surface area contributed by atoms with Gasteiger partial charge in [-0.2, -0.15) is 13.2 Å². The zero-order chi connectivity index (χ0) is 17.9. The van der Waals surface area contributed by atoms with Gasteiger partial charge in [0.1, 0.15) is 5.69 Å². The van der Waals surface area contributed by atoms with Gasteiger partial charge in [-0.3, -0.25) is 4.79 Å². The summed E-state index contributed by atoms with van der Waals surface area (Å²) >= 11 is 0. The lowest BCUT2D eigenvalue weighted by atomic mass is 10.2. The average Bonchev–Trinajstić information content (AvgIpc) is 2.62. The first kappa shape index (κ1) is 17.2. The molecule has 3 rings (SSSR count). The van der Waals surface area contributed by atoms with Crippen molar-refractivity contribution in [3.05, 3.63) is 47.8 Å². The minimum Gasteiger partial charge on any atom is -0.378 e. The number of amides is 1. The number of nitrogens with one attached hydrogen (secondary N) is 1. The highest BCUT2D eigenvalue weighted by Gasteiger charge is 2.30. The Morgan fingerprint density at radius 1 is 1.12 bits per heavy atom. The molecule has 1 fully saturated rings. The third-order valence-electron chi connectivity index (χ3n) is 3.64. The Kier molecular flexibility index (Phi) is 4.84. The third-order valence-corrected chi connectivity index (χ3v) is 3.64. The van der Waals surface area contributed by atoms with Crippen molar-refractivity contribution >= 4 is 17.5 Å². The summed E-state index contributed by atoms with van der Waals surface area (Å²) in [5, 5.41) is 2.80. The fraction of sp³-hybridized carbons (Fsp3) is 0.312. The summed E-state index contributed by atoms with van der Waals surface area (Å²) in [6.45, 7) is 1.94. The van der Waals surface area contributed by atoms with Crippen molar-refractivity contribution in [2.24, 2.45) is 0 Å². The maximum absolute atomic E-state index is 12.6. The first-order valence-electron chi connectivity index (χ1n) is 7.58. The number of carbonyl (C=O) groups excluding carboxylic acids is 1. The van der Waals surface area contributed by atoms with Crippen LogP contribution in [0.2, 0.25) is 0 Å². The number of aromatic nitrogens is 2. The van der Waals surface area contributed by atoms with E-state index < -0.39 is 11.7 Å². The van der Waals surface area contributed by atoms with E-state index in [1.807, 2.05) is 0 Å². The van der Waals surface area contributed by atoms with Crippen molar-refractivity contribution in [1.29, 1.82) is 0 Å². The summed E-state index contributed by atoms with van der Waals surface area (Å²) in [6, 6.07) is 5.98. The van der Waals surface area contributed by atoms with E-state index in [2.05, 4.69) is 15.3 Å².